The number of benzene rings is 1. The van der Waals surface area contributed by atoms with Gasteiger partial charge >= 0.3 is 11.7 Å². The number of carbonyl (C=O) groups excluding carboxylic acids is 1. The summed E-state index contributed by atoms with van der Waals surface area (Å²) < 4.78 is 4.70. The number of unbranched alkanes of at least 4 members (excludes halogenated alkanes) is 1. The van der Waals surface area contributed by atoms with Crippen LogP contribution in [0.25, 0.3) is 11.0 Å². The van der Waals surface area contributed by atoms with Gasteiger partial charge in [-0.2, -0.15) is 0 Å². The third kappa shape index (κ3) is 3.47. The molecule has 1 fully saturated rings. The van der Waals surface area contributed by atoms with E-state index in [-0.39, 0.29) is 17.2 Å². The molecule has 10 nitrogen and oxygen atoms in total. The molecule has 0 saturated carbocycles. The highest BCUT2D eigenvalue weighted by Gasteiger charge is 2.26. The van der Waals surface area contributed by atoms with Crippen LogP contribution in [-0.4, -0.2) is 58.9 Å². The van der Waals surface area contributed by atoms with Gasteiger partial charge in [0.2, 0.25) is 5.52 Å². The lowest BCUT2D eigenvalue weighted by Crippen LogP contribution is -2.52. The lowest BCUT2D eigenvalue weighted by molar-refractivity contribution is -0.383. The molecule has 1 aromatic carbocycles. The van der Waals surface area contributed by atoms with Crippen molar-refractivity contribution in [3.05, 3.63) is 22.2 Å². The topological polar surface area (TPSA) is 118 Å². The molecule has 0 radical (unpaired) electrons. The van der Waals surface area contributed by atoms with Crippen LogP contribution >= 0.6 is 0 Å². The Morgan fingerprint density at radius 2 is 2.00 bits per heavy atom. The highest BCUT2D eigenvalue weighted by atomic mass is 16.6. The van der Waals surface area contributed by atoms with E-state index in [9.17, 15) is 14.9 Å². The number of urea groups is 1. The van der Waals surface area contributed by atoms with Gasteiger partial charge in [0.05, 0.1) is 10.6 Å². The zero-order valence-electron chi connectivity index (χ0n) is 14.0. The number of nitrogens with one attached hydrogen (secondary N) is 1. The van der Waals surface area contributed by atoms with Crippen molar-refractivity contribution in [2.45, 2.75) is 19.8 Å². The van der Waals surface area contributed by atoms with E-state index in [0.717, 1.165) is 18.5 Å². The quantitative estimate of drug-likeness (QED) is 0.497. The standard InChI is InChI=1S/C15H20N6O4/c1-2-3-6-16-15(22)20-9-7-19(8-10-20)11-4-5-12(21(23)24)14-13(11)17-25-18-14/h4-5H,2-3,6-10H2,1H3,(H,16,22). The minimum absolute atomic E-state index is 0.0509. The van der Waals surface area contributed by atoms with Gasteiger partial charge in [0.15, 0.2) is 5.52 Å². The lowest BCUT2D eigenvalue weighted by Gasteiger charge is -2.35. The predicted octanol–water partition coefficient (Wildman–Crippen LogP) is 1.76. The maximum absolute atomic E-state index is 12.1. The maximum atomic E-state index is 12.1. The van der Waals surface area contributed by atoms with Crippen molar-refractivity contribution in [2.75, 3.05) is 37.6 Å². The Morgan fingerprint density at radius 3 is 2.68 bits per heavy atom. The fraction of sp³-hybridized carbons (Fsp3) is 0.533. The number of rotatable bonds is 5. The number of nitro groups is 1. The van der Waals surface area contributed by atoms with Gasteiger partial charge in [-0.25, -0.2) is 9.42 Å². The van der Waals surface area contributed by atoms with Crippen LogP contribution in [0.15, 0.2) is 16.8 Å². The Bertz CT molecular complexity index is 768. The van der Waals surface area contributed by atoms with Crippen LogP contribution in [0.2, 0.25) is 0 Å². The Kier molecular flexibility index (Phi) is 4.96. The Balaban J connectivity index is 1.68. The SMILES string of the molecule is CCCCNC(=O)N1CCN(c2ccc([N+](=O)[O-])c3nonc23)CC1. The van der Waals surface area contributed by atoms with Crippen molar-refractivity contribution in [1.29, 1.82) is 0 Å². The number of nitrogens with zero attached hydrogens (tertiary/aromatic N) is 5. The van der Waals surface area contributed by atoms with Crippen LogP contribution in [0.5, 0.6) is 0 Å². The van der Waals surface area contributed by atoms with Gasteiger partial charge in [-0.15, -0.1) is 0 Å². The van der Waals surface area contributed by atoms with E-state index in [1.807, 2.05) is 4.90 Å². The summed E-state index contributed by atoms with van der Waals surface area (Å²) in [6.07, 6.45) is 2.00. The molecule has 0 spiro atoms. The Labute approximate surface area is 143 Å². The number of nitro benzene ring substituents is 1. The van der Waals surface area contributed by atoms with Gasteiger partial charge in [-0.1, -0.05) is 13.3 Å². The minimum Gasteiger partial charge on any atom is -0.366 e. The first-order valence-electron chi connectivity index (χ1n) is 8.29. The number of non-ortho nitro benzene ring substituents is 1. The molecule has 2 amide bonds. The number of hydrogen-bond donors (Lipinski definition) is 1. The average molecular weight is 348 g/mol. The second-order valence-electron chi connectivity index (χ2n) is 5.88. The Hall–Kier alpha value is -2.91. The van der Waals surface area contributed by atoms with Crippen LogP contribution < -0.4 is 10.2 Å². The lowest BCUT2D eigenvalue weighted by atomic mass is 10.2. The second-order valence-corrected chi connectivity index (χ2v) is 5.88. The smallest absolute Gasteiger partial charge is 0.317 e. The van der Waals surface area contributed by atoms with E-state index in [2.05, 4.69) is 22.6 Å². The molecular formula is C15H20N6O4. The van der Waals surface area contributed by atoms with Crippen molar-refractivity contribution in [2.24, 2.45) is 0 Å². The number of carbonyl (C=O) groups is 1. The normalized spacial score (nSPS) is 14.8. The van der Waals surface area contributed by atoms with Gasteiger partial charge in [0.25, 0.3) is 0 Å². The van der Waals surface area contributed by atoms with Crippen LogP contribution in [0.1, 0.15) is 19.8 Å². The fourth-order valence-corrected chi connectivity index (χ4v) is 2.88. The van der Waals surface area contributed by atoms with Crippen molar-refractivity contribution in [3.8, 4) is 0 Å². The summed E-state index contributed by atoms with van der Waals surface area (Å²) in [4.78, 5) is 26.5. The zero-order chi connectivity index (χ0) is 17.8. The van der Waals surface area contributed by atoms with Crippen LogP contribution in [0.4, 0.5) is 16.2 Å². The van der Waals surface area contributed by atoms with E-state index >= 15 is 0 Å². The van der Waals surface area contributed by atoms with Gasteiger partial charge in [0.1, 0.15) is 0 Å². The number of piperazine rings is 1. The number of amides is 2. The summed E-state index contributed by atoms with van der Waals surface area (Å²) in [6, 6.07) is 3.01. The highest BCUT2D eigenvalue weighted by Crippen LogP contribution is 2.31. The van der Waals surface area contributed by atoms with Crippen molar-refractivity contribution in [1.82, 2.24) is 20.5 Å². The van der Waals surface area contributed by atoms with Crippen molar-refractivity contribution < 1.29 is 14.3 Å². The van der Waals surface area contributed by atoms with E-state index in [4.69, 9.17) is 4.63 Å². The number of anilines is 1. The van der Waals surface area contributed by atoms with Crippen molar-refractivity contribution in [3.63, 3.8) is 0 Å². The van der Waals surface area contributed by atoms with Crippen LogP contribution in [-0.2, 0) is 0 Å². The molecule has 25 heavy (non-hydrogen) atoms. The van der Waals surface area contributed by atoms with Crippen LogP contribution in [0.3, 0.4) is 0 Å². The molecule has 0 aliphatic carbocycles. The van der Waals surface area contributed by atoms with E-state index in [0.29, 0.717) is 38.2 Å². The first kappa shape index (κ1) is 16.9. The largest absolute Gasteiger partial charge is 0.366 e. The van der Waals surface area contributed by atoms with Crippen molar-refractivity contribution >= 4 is 28.4 Å². The third-order valence-electron chi connectivity index (χ3n) is 4.28. The molecule has 1 aromatic heterocycles. The maximum Gasteiger partial charge on any atom is 0.317 e. The summed E-state index contributed by atoms with van der Waals surface area (Å²) in [6.45, 7) is 5.13. The summed E-state index contributed by atoms with van der Waals surface area (Å²) >= 11 is 0. The molecule has 134 valence electrons. The van der Waals surface area contributed by atoms with Gasteiger partial charge in [-0.05, 0) is 22.8 Å². The minimum atomic E-state index is -0.505. The molecule has 1 N–H and O–H groups in total. The summed E-state index contributed by atoms with van der Waals surface area (Å²) in [5.41, 5.74) is 1.11. The van der Waals surface area contributed by atoms with E-state index in [1.165, 1.54) is 6.07 Å². The monoisotopic (exact) mass is 348 g/mol. The fourth-order valence-electron chi connectivity index (χ4n) is 2.88. The second kappa shape index (κ2) is 7.32. The number of hydrogen-bond acceptors (Lipinski definition) is 7. The molecule has 0 bridgehead atoms. The molecule has 1 saturated heterocycles. The third-order valence-corrected chi connectivity index (χ3v) is 4.28. The summed E-state index contributed by atoms with van der Waals surface area (Å²) in [5.74, 6) is 0. The number of aromatic nitrogens is 2. The Morgan fingerprint density at radius 1 is 1.28 bits per heavy atom. The summed E-state index contributed by atoms with van der Waals surface area (Å²) in [7, 11) is 0. The first-order chi connectivity index (χ1) is 12.1. The molecule has 0 unspecified atom stereocenters. The van der Waals surface area contributed by atoms with Crippen LogP contribution in [0, 0.1) is 10.1 Å². The molecule has 10 heteroatoms. The zero-order valence-corrected chi connectivity index (χ0v) is 14.0. The van der Waals surface area contributed by atoms with E-state index < -0.39 is 4.92 Å². The molecule has 1 aliphatic rings. The van der Waals surface area contributed by atoms with E-state index in [1.54, 1.807) is 11.0 Å². The molecular weight excluding hydrogens is 328 g/mol. The highest BCUT2D eigenvalue weighted by molar-refractivity contribution is 5.93. The molecule has 3 rings (SSSR count). The first-order valence-corrected chi connectivity index (χ1v) is 8.29. The molecule has 2 heterocycles. The molecule has 0 atom stereocenters. The van der Waals surface area contributed by atoms with Gasteiger partial charge in [-0.3, -0.25) is 10.1 Å². The molecule has 1 aliphatic heterocycles. The molecule has 2 aromatic rings. The van der Waals surface area contributed by atoms with Gasteiger partial charge < -0.3 is 15.1 Å². The number of fused-ring (bicyclic) bond motifs is 1. The summed E-state index contributed by atoms with van der Waals surface area (Å²) in [5, 5.41) is 21.4. The average Bonchev–Trinajstić information content (AvgIpc) is 3.10. The van der Waals surface area contributed by atoms with Gasteiger partial charge in [0, 0.05) is 38.8 Å². The predicted molar refractivity (Wildman–Crippen MR) is 90.6 cm³/mol.